The van der Waals surface area contributed by atoms with Crippen molar-refractivity contribution in [3.05, 3.63) is 30.5 Å². The second kappa shape index (κ2) is 6.06. The molecule has 6 nitrogen and oxygen atoms in total. The molecule has 0 radical (unpaired) electrons. The number of hydrogen-bond donors (Lipinski definition) is 2. The number of likely N-dealkylation sites (tertiary alicyclic amines) is 1. The molecule has 1 amide bonds. The summed E-state index contributed by atoms with van der Waals surface area (Å²) >= 11 is 0. The third-order valence-corrected chi connectivity index (χ3v) is 4.32. The van der Waals surface area contributed by atoms with Gasteiger partial charge in [0.2, 0.25) is 5.91 Å². The maximum atomic E-state index is 12.4. The van der Waals surface area contributed by atoms with Crippen molar-refractivity contribution in [1.29, 1.82) is 0 Å². The number of aromatic nitrogens is 2. The van der Waals surface area contributed by atoms with Crippen LogP contribution >= 0.6 is 0 Å². The highest BCUT2D eigenvalue weighted by molar-refractivity contribution is 5.79. The highest BCUT2D eigenvalue weighted by Crippen LogP contribution is 2.22. The van der Waals surface area contributed by atoms with Crippen LogP contribution in [0.25, 0.3) is 10.9 Å². The lowest BCUT2D eigenvalue weighted by molar-refractivity contribution is -0.132. The number of carbonyl (C=O) groups excluding carboxylic acids is 1. The zero-order chi connectivity index (χ0) is 15.6. The van der Waals surface area contributed by atoms with E-state index in [0.29, 0.717) is 32.4 Å². The number of aliphatic hydroxyl groups excluding tert-OH is 1. The van der Waals surface area contributed by atoms with Crippen molar-refractivity contribution in [1.82, 2.24) is 14.7 Å². The molecule has 1 atom stereocenters. The van der Waals surface area contributed by atoms with Gasteiger partial charge in [-0.1, -0.05) is 18.2 Å². The van der Waals surface area contributed by atoms with Crippen LogP contribution in [0.15, 0.2) is 30.5 Å². The summed E-state index contributed by atoms with van der Waals surface area (Å²) in [6.07, 6.45) is 3.51. The molecule has 0 aliphatic carbocycles. The van der Waals surface area contributed by atoms with Gasteiger partial charge in [0, 0.05) is 24.7 Å². The Labute approximate surface area is 129 Å². The molecule has 118 valence electrons. The van der Waals surface area contributed by atoms with E-state index < -0.39 is 5.60 Å². The van der Waals surface area contributed by atoms with E-state index in [0.717, 1.165) is 10.9 Å². The molecule has 1 aromatic carbocycles. The van der Waals surface area contributed by atoms with E-state index in [4.69, 9.17) is 0 Å². The second-order valence-electron chi connectivity index (χ2n) is 6.00. The van der Waals surface area contributed by atoms with Gasteiger partial charge in [-0.2, -0.15) is 5.10 Å². The minimum Gasteiger partial charge on any atom is -0.393 e. The fourth-order valence-corrected chi connectivity index (χ4v) is 2.92. The summed E-state index contributed by atoms with van der Waals surface area (Å²) in [5.41, 5.74) is -0.170. The third-order valence-electron chi connectivity index (χ3n) is 4.32. The monoisotopic (exact) mass is 303 g/mol. The quantitative estimate of drug-likeness (QED) is 0.878. The van der Waals surface area contributed by atoms with E-state index >= 15 is 0 Å². The number of nitrogens with zero attached hydrogens (tertiary/aromatic N) is 3. The third kappa shape index (κ3) is 3.13. The highest BCUT2D eigenvalue weighted by atomic mass is 16.3. The number of aliphatic hydroxyl groups is 2. The molecule has 0 bridgehead atoms. The first-order valence-corrected chi connectivity index (χ1v) is 7.63. The first-order chi connectivity index (χ1) is 10.6. The summed E-state index contributed by atoms with van der Waals surface area (Å²) in [6.45, 7) is 1.03. The van der Waals surface area contributed by atoms with Crippen molar-refractivity contribution in [2.24, 2.45) is 0 Å². The van der Waals surface area contributed by atoms with E-state index in [2.05, 4.69) is 5.10 Å². The van der Waals surface area contributed by atoms with Crippen LogP contribution < -0.4 is 0 Å². The summed E-state index contributed by atoms with van der Waals surface area (Å²) in [5, 5.41) is 24.8. The molecule has 0 spiro atoms. The Bertz CT molecular complexity index is 636. The Balaban J connectivity index is 1.66. The normalized spacial score (nSPS) is 22.7. The van der Waals surface area contributed by atoms with E-state index in [1.165, 1.54) is 0 Å². The predicted molar refractivity (Wildman–Crippen MR) is 82.2 cm³/mol. The summed E-state index contributed by atoms with van der Waals surface area (Å²) in [4.78, 5) is 14.2. The number of benzene rings is 1. The lowest BCUT2D eigenvalue weighted by Gasteiger charge is -2.24. The van der Waals surface area contributed by atoms with Gasteiger partial charge in [-0.15, -0.1) is 0 Å². The molecular weight excluding hydrogens is 282 g/mol. The first-order valence-electron chi connectivity index (χ1n) is 7.63. The first kappa shape index (κ1) is 15.0. The van der Waals surface area contributed by atoms with Crippen molar-refractivity contribution < 1.29 is 15.0 Å². The smallest absolute Gasteiger partial charge is 0.244 e. The summed E-state index contributed by atoms with van der Waals surface area (Å²) in [5.74, 6) is -0.00463. The van der Waals surface area contributed by atoms with Crippen molar-refractivity contribution in [2.75, 3.05) is 19.7 Å². The SMILES string of the molecule is O=C(Cn1cc2ccccc2n1)N1CCCC(O)(CO)CC1. The van der Waals surface area contributed by atoms with Crippen LogP contribution in [0.1, 0.15) is 19.3 Å². The predicted octanol–water partition coefficient (Wildman–Crippen LogP) is 0.772. The van der Waals surface area contributed by atoms with Gasteiger partial charge >= 0.3 is 0 Å². The number of carbonyl (C=O) groups is 1. The Morgan fingerprint density at radius 1 is 1.27 bits per heavy atom. The van der Waals surface area contributed by atoms with Crippen LogP contribution in [0.4, 0.5) is 0 Å². The van der Waals surface area contributed by atoms with E-state index in [1.807, 2.05) is 30.5 Å². The Kier molecular flexibility index (Phi) is 4.13. The zero-order valence-electron chi connectivity index (χ0n) is 12.5. The fourth-order valence-electron chi connectivity index (χ4n) is 2.92. The van der Waals surface area contributed by atoms with E-state index in [9.17, 15) is 15.0 Å². The van der Waals surface area contributed by atoms with Gasteiger partial charge < -0.3 is 15.1 Å². The summed E-state index contributed by atoms with van der Waals surface area (Å²) in [6, 6.07) is 7.76. The largest absolute Gasteiger partial charge is 0.393 e. The zero-order valence-corrected chi connectivity index (χ0v) is 12.5. The summed E-state index contributed by atoms with van der Waals surface area (Å²) < 4.78 is 1.66. The van der Waals surface area contributed by atoms with Crippen LogP contribution in [0.5, 0.6) is 0 Å². The minimum atomic E-state index is -1.05. The fraction of sp³-hybridized carbons (Fsp3) is 0.500. The van der Waals surface area contributed by atoms with Gasteiger partial charge in [-0.3, -0.25) is 9.48 Å². The molecule has 2 heterocycles. The molecule has 1 aliphatic heterocycles. The lowest BCUT2D eigenvalue weighted by atomic mass is 9.96. The maximum absolute atomic E-state index is 12.4. The van der Waals surface area contributed by atoms with E-state index in [-0.39, 0.29) is 19.1 Å². The van der Waals surface area contributed by atoms with Crippen LogP contribution in [-0.4, -0.2) is 56.1 Å². The van der Waals surface area contributed by atoms with Gasteiger partial charge in [-0.25, -0.2) is 0 Å². The molecule has 6 heteroatoms. The molecular formula is C16H21N3O3. The number of fused-ring (bicyclic) bond motifs is 1. The molecule has 1 aromatic heterocycles. The molecule has 2 N–H and O–H groups in total. The van der Waals surface area contributed by atoms with E-state index in [1.54, 1.807) is 9.58 Å². The lowest BCUT2D eigenvalue weighted by Crippen LogP contribution is -2.37. The van der Waals surface area contributed by atoms with Crippen LogP contribution in [-0.2, 0) is 11.3 Å². The molecule has 0 saturated carbocycles. The Morgan fingerprint density at radius 2 is 2.09 bits per heavy atom. The van der Waals surface area contributed by atoms with Gasteiger partial charge in [-0.05, 0) is 25.3 Å². The average molecular weight is 303 g/mol. The molecule has 3 rings (SSSR count). The topological polar surface area (TPSA) is 78.6 Å². The van der Waals surface area contributed by atoms with Crippen molar-refractivity contribution >= 4 is 16.8 Å². The van der Waals surface area contributed by atoms with Crippen LogP contribution in [0, 0.1) is 0 Å². The number of rotatable bonds is 3. The minimum absolute atomic E-state index is 0.00463. The van der Waals surface area contributed by atoms with Gasteiger partial charge in [0.05, 0.1) is 17.7 Å². The highest BCUT2D eigenvalue weighted by Gasteiger charge is 2.30. The van der Waals surface area contributed by atoms with Crippen molar-refractivity contribution in [3.63, 3.8) is 0 Å². The van der Waals surface area contributed by atoms with Crippen molar-refractivity contribution in [3.8, 4) is 0 Å². The molecule has 2 aromatic rings. The molecule has 1 unspecified atom stereocenters. The summed E-state index contributed by atoms with van der Waals surface area (Å²) in [7, 11) is 0. The maximum Gasteiger partial charge on any atom is 0.244 e. The standard InChI is InChI=1S/C16H21N3O3/c20-12-16(22)6-3-8-18(9-7-16)15(21)11-19-10-13-4-1-2-5-14(13)17-19/h1-2,4-5,10,20,22H,3,6-9,11-12H2. The second-order valence-corrected chi connectivity index (χ2v) is 6.00. The van der Waals surface area contributed by atoms with Crippen LogP contribution in [0.3, 0.4) is 0 Å². The van der Waals surface area contributed by atoms with Gasteiger partial charge in [0.1, 0.15) is 6.54 Å². The molecule has 22 heavy (non-hydrogen) atoms. The molecule has 1 aliphatic rings. The molecule has 1 saturated heterocycles. The average Bonchev–Trinajstić information content (AvgIpc) is 2.81. The van der Waals surface area contributed by atoms with Gasteiger partial charge in [0.15, 0.2) is 0 Å². The van der Waals surface area contributed by atoms with Crippen LogP contribution in [0.2, 0.25) is 0 Å². The Morgan fingerprint density at radius 3 is 2.86 bits per heavy atom. The Hall–Kier alpha value is -1.92. The number of amides is 1. The number of hydrogen-bond acceptors (Lipinski definition) is 4. The van der Waals surface area contributed by atoms with Crippen molar-refractivity contribution in [2.45, 2.75) is 31.4 Å². The molecule has 1 fully saturated rings. The van der Waals surface area contributed by atoms with Gasteiger partial charge in [0.25, 0.3) is 0 Å².